The molecule has 1 atom stereocenters. The molecule has 0 spiro atoms. The van der Waals surface area contributed by atoms with Crippen molar-refractivity contribution in [2.45, 2.75) is 19.8 Å². The van der Waals surface area contributed by atoms with Gasteiger partial charge in [-0.2, -0.15) is 5.26 Å². The molecule has 6 heteroatoms. The van der Waals surface area contributed by atoms with Crippen LogP contribution in [0.4, 0.5) is 5.82 Å². The van der Waals surface area contributed by atoms with Crippen molar-refractivity contribution < 1.29 is 14.6 Å². The normalized spacial score (nSPS) is 17.0. The molecule has 0 saturated carbocycles. The second-order valence-corrected chi connectivity index (χ2v) is 5.22. The predicted octanol–water partition coefficient (Wildman–Crippen LogP) is 1.80. The molecule has 0 amide bonds. The molecule has 6 nitrogen and oxygen atoms in total. The van der Waals surface area contributed by atoms with Gasteiger partial charge in [-0.25, -0.2) is 4.98 Å². The number of hydrogen-bond donors (Lipinski definition) is 2. The highest BCUT2D eigenvalue weighted by Gasteiger charge is 2.29. The molecule has 1 aliphatic rings. The maximum absolute atomic E-state index is 11.4. The van der Waals surface area contributed by atoms with Gasteiger partial charge in [0.25, 0.3) is 0 Å². The van der Waals surface area contributed by atoms with E-state index in [1.807, 2.05) is 0 Å². The summed E-state index contributed by atoms with van der Waals surface area (Å²) in [4.78, 5) is 15.7. The lowest BCUT2D eigenvalue weighted by Crippen LogP contribution is -2.34. The van der Waals surface area contributed by atoms with E-state index in [9.17, 15) is 9.90 Å². The van der Waals surface area contributed by atoms with Gasteiger partial charge in [0.1, 0.15) is 11.9 Å². The zero-order valence-electron chi connectivity index (χ0n) is 12.0. The number of hydrogen-bond acceptors (Lipinski definition) is 5. The number of rotatable bonds is 5. The highest BCUT2D eigenvalue weighted by Crippen LogP contribution is 2.24. The van der Waals surface area contributed by atoms with Crippen molar-refractivity contribution in [3.63, 3.8) is 0 Å². The van der Waals surface area contributed by atoms with Gasteiger partial charge in [0.05, 0.1) is 17.2 Å². The molecule has 21 heavy (non-hydrogen) atoms. The van der Waals surface area contributed by atoms with Crippen LogP contribution in [0.25, 0.3) is 0 Å². The van der Waals surface area contributed by atoms with E-state index in [0.29, 0.717) is 36.8 Å². The smallest absolute Gasteiger partial charge is 0.308 e. The number of carboxylic acid groups (broad SMARTS) is 1. The van der Waals surface area contributed by atoms with Crippen LogP contribution in [0, 0.1) is 30.1 Å². The summed E-state index contributed by atoms with van der Waals surface area (Å²) in [6.45, 7) is 3.35. The molecule has 1 aromatic heterocycles. The Labute approximate surface area is 123 Å². The average Bonchev–Trinajstić information content (AvgIpc) is 2.48. The van der Waals surface area contributed by atoms with Crippen molar-refractivity contribution in [1.29, 1.82) is 5.26 Å². The van der Waals surface area contributed by atoms with Crippen molar-refractivity contribution in [3.05, 3.63) is 23.4 Å². The molecule has 2 N–H and O–H groups in total. The van der Waals surface area contributed by atoms with E-state index in [2.05, 4.69) is 16.4 Å². The van der Waals surface area contributed by atoms with Crippen molar-refractivity contribution in [3.8, 4) is 6.07 Å². The van der Waals surface area contributed by atoms with Gasteiger partial charge in [-0.1, -0.05) is 0 Å². The van der Waals surface area contributed by atoms with Crippen LogP contribution in [-0.4, -0.2) is 35.8 Å². The van der Waals surface area contributed by atoms with E-state index < -0.39 is 11.9 Å². The minimum absolute atomic E-state index is 0.128. The van der Waals surface area contributed by atoms with Gasteiger partial charge in [-0.05, 0) is 37.8 Å². The van der Waals surface area contributed by atoms with Crippen molar-refractivity contribution in [2.75, 3.05) is 25.1 Å². The Morgan fingerprint density at radius 3 is 2.86 bits per heavy atom. The molecule has 0 aliphatic carbocycles. The number of nitrogens with zero attached hydrogens (tertiary/aromatic N) is 2. The minimum Gasteiger partial charge on any atom is -0.481 e. The van der Waals surface area contributed by atoms with Crippen LogP contribution in [0.2, 0.25) is 0 Å². The van der Waals surface area contributed by atoms with Crippen LogP contribution < -0.4 is 5.32 Å². The van der Waals surface area contributed by atoms with Crippen LogP contribution in [0.15, 0.2) is 12.1 Å². The minimum atomic E-state index is -0.792. The maximum Gasteiger partial charge on any atom is 0.308 e. The van der Waals surface area contributed by atoms with Crippen molar-refractivity contribution >= 4 is 11.8 Å². The number of aliphatic carboxylic acids is 1. The fourth-order valence-electron chi connectivity index (χ4n) is 2.57. The Balaban J connectivity index is 2.00. The van der Waals surface area contributed by atoms with E-state index in [4.69, 9.17) is 10.00 Å². The first kappa shape index (κ1) is 15.3. The third-order valence-electron chi connectivity index (χ3n) is 3.86. The molecule has 2 rings (SSSR count). The standard InChI is InChI=1S/C15H19N3O3/c1-10-12(8-16)2-3-14(18-10)17-9-13(15(19)20)11-4-6-21-7-5-11/h2-3,11,13H,4-7,9H2,1H3,(H,17,18)(H,19,20). The average molecular weight is 289 g/mol. The zero-order chi connectivity index (χ0) is 15.2. The SMILES string of the molecule is Cc1nc(NCC(C(=O)O)C2CCOCC2)ccc1C#N. The van der Waals surface area contributed by atoms with E-state index in [-0.39, 0.29) is 5.92 Å². The fraction of sp³-hybridized carbons (Fsp3) is 0.533. The van der Waals surface area contributed by atoms with Crippen molar-refractivity contribution in [2.24, 2.45) is 11.8 Å². The number of nitriles is 1. The molecule has 1 fully saturated rings. The highest BCUT2D eigenvalue weighted by molar-refractivity contribution is 5.71. The molecule has 1 aromatic rings. The second kappa shape index (κ2) is 7.04. The third-order valence-corrected chi connectivity index (χ3v) is 3.86. The molecule has 0 aromatic carbocycles. The molecule has 112 valence electrons. The lowest BCUT2D eigenvalue weighted by atomic mass is 9.86. The first-order valence-electron chi connectivity index (χ1n) is 7.04. The van der Waals surface area contributed by atoms with Crippen LogP contribution >= 0.6 is 0 Å². The highest BCUT2D eigenvalue weighted by atomic mass is 16.5. The quantitative estimate of drug-likeness (QED) is 0.858. The monoisotopic (exact) mass is 289 g/mol. The number of aromatic nitrogens is 1. The topological polar surface area (TPSA) is 95.2 Å². The molecule has 2 heterocycles. The number of ether oxygens (including phenoxy) is 1. The Morgan fingerprint density at radius 1 is 1.57 bits per heavy atom. The zero-order valence-corrected chi connectivity index (χ0v) is 12.0. The number of carboxylic acids is 1. The van der Waals surface area contributed by atoms with Gasteiger partial charge < -0.3 is 15.2 Å². The van der Waals surface area contributed by atoms with Crippen LogP contribution in [0.3, 0.4) is 0 Å². The molecule has 1 saturated heterocycles. The van der Waals surface area contributed by atoms with Gasteiger partial charge in [-0.3, -0.25) is 4.79 Å². The summed E-state index contributed by atoms with van der Waals surface area (Å²) < 4.78 is 5.28. The molecule has 1 unspecified atom stereocenters. The maximum atomic E-state index is 11.4. The largest absolute Gasteiger partial charge is 0.481 e. The Hall–Kier alpha value is -2.13. The first-order chi connectivity index (χ1) is 10.1. The molecular weight excluding hydrogens is 270 g/mol. The van der Waals surface area contributed by atoms with E-state index in [1.54, 1.807) is 19.1 Å². The Bertz CT molecular complexity index is 548. The summed E-state index contributed by atoms with van der Waals surface area (Å²) in [5.41, 5.74) is 1.17. The molecule has 0 radical (unpaired) electrons. The summed E-state index contributed by atoms with van der Waals surface area (Å²) in [5, 5.41) is 21.3. The Kier molecular flexibility index (Phi) is 5.12. The summed E-state index contributed by atoms with van der Waals surface area (Å²) in [6.07, 6.45) is 1.55. The summed E-state index contributed by atoms with van der Waals surface area (Å²) in [7, 11) is 0. The first-order valence-corrected chi connectivity index (χ1v) is 7.04. The van der Waals surface area contributed by atoms with Crippen molar-refractivity contribution in [1.82, 2.24) is 4.98 Å². The van der Waals surface area contributed by atoms with Gasteiger partial charge >= 0.3 is 5.97 Å². The summed E-state index contributed by atoms with van der Waals surface area (Å²) >= 11 is 0. The Morgan fingerprint density at radius 2 is 2.29 bits per heavy atom. The number of anilines is 1. The number of pyridine rings is 1. The number of carbonyl (C=O) groups is 1. The molecule has 0 bridgehead atoms. The second-order valence-electron chi connectivity index (χ2n) is 5.22. The summed E-state index contributed by atoms with van der Waals surface area (Å²) in [5.74, 6) is -0.514. The van der Waals surface area contributed by atoms with Crippen LogP contribution in [0.1, 0.15) is 24.1 Å². The molecular formula is C15H19N3O3. The van der Waals surface area contributed by atoms with E-state index in [1.165, 1.54) is 0 Å². The van der Waals surface area contributed by atoms with E-state index >= 15 is 0 Å². The van der Waals surface area contributed by atoms with Gasteiger partial charge in [-0.15, -0.1) is 0 Å². The number of aryl methyl sites for hydroxylation is 1. The van der Waals surface area contributed by atoms with Gasteiger partial charge in [0.15, 0.2) is 0 Å². The lowest BCUT2D eigenvalue weighted by molar-refractivity contribution is -0.144. The predicted molar refractivity (Wildman–Crippen MR) is 76.8 cm³/mol. The van der Waals surface area contributed by atoms with Crippen LogP contribution in [-0.2, 0) is 9.53 Å². The van der Waals surface area contributed by atoms with Crippen LogP contribution in [0.5, 0.6) is 0 Å². The third kappa shape index (κ3) is 3.92. The fourth-order valence-corrected chi connectivity index (χ4v) is 2.57. The lowest BCUT2D eigenvalue weighted by Gasteiger charge is -2.27. The number of nitrogens with one attached hydrogen (secondary N) is 1. The van der Waals surface area contributed by atoms with Gasteiger partial charge in [0.2, 0.25) is 0 Å². The van der Waals surface area contributed by atoms with E-state index in [0.717, 1.165) is 12.8 Å². The van der Waals surface area contributed by atoms with Gasteiger partial charge in [0, 0.05) is 19.8 Å². The molecule has 1 aliphatic heterocycles. The summed E-state index contributed by atoms with van der Waals surface area (Å²) in [6, 6.07) is 5.45.